The van der Waals surface area contributed by atoms with Crippen LogP contribution in [0.5, 0.6) is 0 Å². The molecule has 0 radical (unpaired) electrons. The van der Waals surface area contributed by atoms with Crippen LogP contribution in [0.25, 0.3) is 0 Å². The zero-order valence-corrected chi connectivity index (χ0v) is 15.7. The maximum Gasteiger partial charge on any atom is 0.322 e. The summed E-state index contributed by atoms with van der Waals surface area (Å²) in [6, 6.07) is 0. The van der Waals surface area contributed by atoms with Crippen LogP contribution in [0, 0.1) is 5.41 Å². The van der Waals surface area contributed by atoms with E-state index < -0.39 is 18.4 Å². The predicted octanol–water partition coefficient (Wildman–Crippen LogP) is 3.24. The van der Waals surface area contributed by atoms with Crippen LogP contribution in [-0.4, -0.2) is 29.2 Å². The molecule has 6 heteroatoms. The van der Waals surface area contributed by atoms with Crippen LogP contribution in [0.2, 0.25) is 0 Å². The van der Waals surface area contributed by atoms with Crippen molar-refractivity contribution in [2.45, 2.75) is 27.7 Å². The lowest BCUT2D eigenvalue weighted by atomic mass is 10.0. The van der Waals surface area contributed by atoms with E-state index in [9.17, 15) is 9.59 Å². The number of aliphatic carboxylic acids is 1. The molecule has 0 aromatic carbocycles. The number of carbonyl (C=O) groups excluding carboxylic acids is 1. The molecular formula is C20H27N3O3. The summed E-state index contributed by atoms with van der Waals surface area (Å²) in [5.74, 6) is -1.93. The third kappa shape index (κ3) is 7.61. The first-order valence-electron chi connectivity index (χ1n) is 8.13. The fourth-order valence-corrected chi connectivity index (χ4v) is 1.91. The molecule has 0 atom stereocenters. The van der Waals surface area contributed by atoms with Crippen molar-refractivity contribution in [1.29, 1.82) is 5.41 Å². The van der Waals surface area contributed by atoms with Gasteiger partial charge in [0, 0.05) is 11.3 Å². The van der Waals surface area contributed by atoms with E-state index in [0.29, 0.717) is 16.8 Å². The van der Waals surface area contributed by atoms with Crippen molar-refractivity contribution in [1.82, 2.24) is 10.6 Å². The number of hydrogen-bond donors (Lipinski definition) is 4. The van der Waals surface area contributed by atoms with Crippen molar-refractivity contribution in [3.63, 3.8) is 0 Å². The van der Waals surface area contributed by atoms with E-state index in [-0.39, 0.29) is 5.71 Å². The second-order valence-corrected chi connectivity index (χ2v) is 5.17. The van der Waals surface area contributed by atoms with Gasteiger partial charge in [0.1, 0.15) is 12.3 Å². The quantitative estimate of drug-likeness (QED) is 0.356. The Labute approximate surface area is 154 Å². The van der Waals surface area contributed by atoms with Gasteiger partial charge in [0.15, 0.2) is 0 Å². The highest BCUT2D eigenvalue weighted by Gasteiger charge is 2.17. The van der Waals surface area contributed by atoms with E-state index in [4.69, 9.17) is 10.5 Å². The van der Waals surface area contributed by atoms with Gasteiger partial charge < -0.3 is 15.7 Å². The highest BCUT2D eigenvalue weighted by Crippen LogP contribution is 2.17. The number of nitrogens with one attached hydrogen (secondary N) is 3. The van der Waals surface area contributed by atoms with Crippen molar-refractivity contribution < 1.29 is 14.7 Å². The van der Waals surface area contributed by atoms with Gasteiger partial charge >= 0.3 is 5.97 Å². The summed E-state index contributed by atoms with van der Waals surface area (Å²) < 4.78 is 0. The highest BCUT2D eigenvalue weighted by atomic mass is 16.4. The van der Waals surface area contributed by atoms with Crippen LogP contribution in [0.3, 0.4) is 0 Å². The van der Waals surface area contributed by atoms with Crippen LogP contribution < -0.4 is 10.6 Å². The van der Waals surface area contributed by atoms with Crippen molar-refractivity contribution in [3.05, 3.63) is 71.7 Å². The van der Waals surface area contributed by atoms with Crippen LogP contribution in [-0.2, 0) is 9.59 Å². The van der Waals surface area contributed by atoms with Gasteiger partial charge in [0.25, 0.3) is 5.91 Å². The van der Waals surface area contributed by atoms with Crippen molar-refractivity contribution in [3.8, 4) is 0 Å². The lowest BCUT2D eigenvalue weighted by molar-refractivity contribution is -0.137. The van der Waals surface area contributed by atoms with Gasteiger partial charge in [-0.05, 0) is 39.3 Å². The lowest BCUT2D eigenvalue weighted by Gasteiger charge is -2.17. The zero-order chi connectivity index (χ0) is 20.1. The van der Waals surface area contributed by atoms with E-state index in [0.717, 1.165) is 5.70 Å². The second kappa shape index (κ2) is 12.2. The summed E-state index contributed by atoms with van der Waals surface area (Å²) in [7, 11) is 0. The number of allylic oxidation sites excluding steroid dienone is 7. The third-order valence-corrected chi connectivity index (χ3v) is 3.28. The summed E-state index contributed by atoms with van der Waals surface area (Å²) in [6.45, 7) is 10.5. The van der Waals surface area contributed by atoms with Gasteiger partial charge in [0.05, 0.1) is 5.70 Å². The fraction of sp³-hybridized carbons (Fsp3) is 0.250. The van der Waals surface area contributed by atoms with Crippen LogP contribution >= 0.6 is 0 Å². The molecule has 0 aliphatic heterocycles. The van der Waals surface area contributed by atoms with Gasteiger partial charge in [0.2, 0.25) is 0 Å². The first-order chi connectivity index (χ1) is 12.3. The Morgan fingerprint density at radius 2 is 1.85 bits per heavy atom. The highest BCUT2D eigenvalue weighted by molar-refractivity contribution is 6.44. The molecule has 0 saturated carbocycles. The number of carboxylic acids is 1. The normalized spacial score (nSPS) is 13.5. The maximum atomic E-state index is 12.1. The number of rotatable bonds is 10. The zero-order valence-electron chi connectivity index (χ0n) is 15.7. The Bertz CT molecular complexity index is 708. The van der Waals surface area contributed by atoms with Crippen molar-refractivity contribution in [2.24, 2.45) is 0 Å². The van der Waals surface area contributed by atoms with Gasteiger partial charge in [-0.3, -0.25) is 15.0 Å². The summed E-state index contributed by atoms with van der Waals surface area (Å²) in [5.41, 5.74) is 2.07. The molecule has 0 heterocycles. The fourth-order valence-electron chi connectivity index (χ4n) is 1.91. The Morgan fingerprint density at radius 1 is 1.19 bits per heavy atom. The molecule has 0 aromatic heterocycles. The summed E-state index contributed by atoms with van der Waals surface area (Å²) in [4.78, 5) is 22.7. The van der Waals surface area contributed by atoms with Gasteiger partial charge in [-0.25, -0.2) is 0 Å². The number of hydrogen-bond acceptors (Lipinski definition) is 4. The first-order valence-corrected chi connectivity index (χ1v) is 8.13. The van der Waals surface area contributed by atoms with Gasteiger partial charge in [-0.2, -0.15) is 0 Å². The van der Waals surface area contributed by atoms with Gasteiger partial charge in [-0.1, -0.05) is 43.0 Å². The predicted molar refractivity (Wildman–Crippen MR) is 106 cm³/mol. The third-order valence-electron chi connectivity index (χ3n) is 3.28. The minimum atomic E-state index is -1.17. The minimum absolute atomic E-state index is 0.321. The molecule has 0 bridgehead atoms. The Morgan fingerprint density at radius 3 is 2.31 bits per heavy atom. The molecule has 0 aliphatic carbocycles. The maximum absolute atomic E-state index is 12.1. The molecule has 0 fully saturated rings. The van der Waals surface area contributed by atoms with Gasteiger partial charge in [-0.15, -0.1) is 0 Å². The summed E-state index contributed by atoms with van der Waals surface area (Å²) in [5, 5.41) is 22.2. The molecule has 0 aromatic rings. The van der Waals surface area contributed by atoms with E-state index in [1.807, 2.05) is 57.2 Å². The first kappa shape index (κ1) is 22.9. The second-order valence-electron chi connectivity index (χ2n) is 5.17. The van der Waals surface area contributed by atoms with E-state index in [2.05, 4.69) is 17.2 Å². The number of carboxylic acid groups (broad SMARTS) is 1. The molecule has 6 nitrogen and oxygen atoms in total. The molecule has 4 N–H and O–H groups in total. The molecule has 0 rings (SSSR count). The van der Waals surface area contributed by atoms with E-state index in [1.54, 1.807) is 13.0 Å². The average Bonchev–Trinajstić information content (AvgIpc) is 2.63. The Balaban J connectivity index is 6.03. The molecule has 0 saturated heterocycles. The van der Waals surface area contributed by atoms with E-state index in [1.165, 1.54) is 0 Å². The number of amides is 1. The topological polar surface area (TPSA) is 102 Å². The van der Waals surface area contributed by atoms with Crippen molar-refractivity contribution >= 4 is 17.6 Å². The lowest BCUT2D eigenvalue weighted by Crippen LogP contribution is -2.36. The SMILES string of the molecule is C=CC(=C\C=C/C)/C(NC(/C=C\C)=C/C)=C(\C)C(=N)C(=O)NCC(=O)O. The smallest absolute Gasteiger partial charge is 0.322 e. The average molecular weight is 357 g/mol. The van der Waals surface area contributed by atoms with E-state index >= 15 is 0 Å². The molecular weight excluding hydrogens is 330 g/mol. The molecule has 0 aliphatic rings. The summed E-state index contributed by atoms with van der Waals surface area (Å²) in [6.07, 6.45) is 12.7. The van der Waals surface area contributed by atoms with Crippen LogP contribution in [0.4, 0.5) is 0 Å². The van der Waals surface area contributed by atoms with Crippen LogP contribution in [0.1, 0.15) is 27.7 Å². The molecule has 0 spiro atoms. The Hall–Kier alpha value is -3.15. The Kier molecular flexibility index (Phi) is 10.8. The largest absolute Gasteiger partial charge is 0.480 e. The molecule has 1 amide bonds. The monoisotopic (exact) mass is 357 g/mol. The minimum Gasteiger partial charge on any atom is -0.480 e. The van der Waals surface area contributed by atoms with Crippen LogP contribution in [0.15, 0.2) is 71.7 Å². The standard InChI is InChI=1S/C20H27N3O3/c1-6-10-12-15(8-3)19(23-16(9-4)11-7-2)14(5)18(21)20(26)22-13-17(24)25/h6-12,21,23H,3,13H2,1-2,4-5H3,(H,22,26)(H,24,25)/b10-6-,11-7-,15-12+,16-9+,19-14-,21-18?. The summed E-state index contributed by atoms with van der Waals surface area (Å²) >= 11 is 0. The van der Waals surface area contributed by atoms with Crippen molar-refractivity contribution in [2.75, 3.05) is 6.54 Å². The molecule has 0 unspecified atom stereocenters. The molecule has 26 heavy (non-hydrogen) atoms. The number of carbonyl (C=O) groups is 2. The molecule has 140 valence electrons.